The molecule has 1 heteroatoms. The molecule has 3 rings (SSSR count). The van der Waals surface area contributed by atoms with Crippen molar-refractivity contribution in [1.82, 2.24) is 4.90 Å². The summed E-state index contributed by atoms with van der Waals surface area (Å²) >= 11 is 0. The highest BCUT2D eigenvalue weighted by molar-refractivity contribution is 4.97. The van der Waals surface area contributed by atoms with Crippen molar-refractivity contribution in [2.75, 3.05) is 6.54 Å². The van der Waals surface area contributed by atoms with Crippen molar-refractivity contribution in [2.24, 2.45) is 17.8 Å². The van der Waals surface area contributed by atoms with Gasteiger partial charge in [0.1, 0.15) is 0 Å². The van der Waals surface area contributed by atoms with Gasteiger partial charge in [-0.2, -0.15) is 0 Å². The second-order valence-electron chi connectivity index (χ2n) is 6.96. The highest BCUT2D eigenvalue weighted by Gasteiger charge is 2.44. The van der Waals surface area contributed by atoms with Crippen LogP contribution in [-0.4, -0.2) is 23.0 Å². The van der Waals surface area contributed by atoms with Crippen molar-refractivity contribution in [3.63, 3.8) is 0 Å². The van der Waals surface area contributed by atoms with Crippen LogP contribution in [0.2, 0.25) is 0 Å². The zero-order valence-corrected chi connectivity index (χ0v) is 11.1. The van der Waals surface area contributed by atoms with Crippen molar-refractivity contribution in [3.05, 3.63) is 0 Å². The van der Waals surface area contributed by atoms with Crippen molar-refractivity contribution in [3.8, 4) is 0 Å². The third kappa shape index (κ3) is 2.08. The number of fused-ring (bicyclic) bond motifs is 3. The minimum absolute atomic E-state index is 0.380. The molecule has 15 heavy (non-hydrogen) atoms. The molecule has 0 aromatic rings. The molecule has 2 bridgehead atoms. The van der Waals surface area contributed by atoms with E-state index in [4.69, 9.17) is 0 Å². The number of hydrogen-bond acceptors (Lipinski definition) is 1. The van der Waals surface area contributed by atoms with Crippen LogP contribution < -0.4 is 0 Å². The number of nitrogens with zero attached hydrogens (tertiary/aromatic N) is 1. The van der Waals surface area contributed by atoms with E-state index >= 15 is 0 Å². The molecule has 1 saturated carbocycles. The van der Waals surface area contributed by atoms with E-state index < -0.39 is 0 Å². The lowest BCUT2D eigenvalue weighted by Crippen LogP contribution is -2.59. The van der Waals surface area contributed by atoms with Gasteiger partial charge in [-0.25, -0.2) is 0 Å². The van der Waals surface area contributed by atoms with Crippen molar-refractivity contribution >= 4 is 0 Å². The van der Waals surface area contributed by atoms with E-state index in [0.29, 0.717) is 5.54 Å². The molecule has 2 heterocycles. The van der Waals surface area contributed by atoms with Crippen molar-refractivity contribution in [1.29, 1.82) is 0 Å². The summed E-state index contributed by atoms with van der Waals surface area (Å²) in [6.07, 6.45) is 4.39. The SMILES string of the molecule is CC(C)C1C[C@H]2CC[C@@H]1CN2C(C)(C)C. The van der Waals surface area contributed by atoms with Crippen LogP contribution in [0.4, 0.5) is 0 Å². The Hall–Kier alpha value is -0.0400. The van der Waals surface area contributed by atoms with Gasteiger partial charge in [0, 0.05) is 18.1 Å². The third-order valence-electron chi connectivity index (χ3n) is 4.61. The van der Waals surface area contributed by atoms with Crippen LogP contribution in [-0.2, 0) is 0 Å². The quantitative estimate of drug-likeness (QED) is 0.638. The number of rotatable bonds is 1. The Balaban J connectivity index is 2.09. The molecule has 3 aliphatic rings. The second kappa shape index (κ2) is 3.76. The second-order valence-corrected chi connectivity index (χ2v) is 6.96. The van der Waals surface area contributed by atoms with Gasteiger partial charge >= 0.3 is 0 Å². The zero-order chi connectivity index (χ0) is 11.2. The fourth-order valence-corrected chi connectivity index (χ4v) is 3.79. The minimum Gasteiger partial charge on any atom is -0.295 e. The monoisotopic (exact) mass is 209 g/mol. The lowest BCUT2D eigenvalue weighted by molar-refractivity contribution is -0.0587. The van der Waals surface area contributed by atoms with Gasteiger partial charge in [-0.15, -0.1) is 0 Å². The first-order chi connectivity index (χ1) is 6.89. The molecule has 1 aliphatic carbocycles. The van der Waals surface area contributed by atoms with E-state index in [1.807, 2.05) is 0 Å². The van der Waals surface area contributed by atoms with Crippen LogP contribution in [0.25, 0.3) is 0 Å². The molecule has 2 saturated heterocycles. The van der Waals surface area contributed by atoms with Crippen LogP contribution in [0.5, 0.6) is 0 Å². The molecule has 0 aromatic heterocycles. The van der Waals surface area contributed by atoms with Gasteiger partial charge in [-0.05, 0) is 57.8 Å². The Morgan fingerprint density at radius 2 is 1.80 bits per heavy atom. The van der Waals surface area contributed by atoms with Gasteiger partial charge < -0.3 is 0 Å². The lowest BCUT2D eigenvalue weighted by Gasteiger charge is -2.55. The molecule has 0 aromatic carbocycles. The largest absolute Gasteiger partial charge is 0.295 e. The maximum Gasteiger partial charge on any atom is 0.0128 e. The van der Waals surface area contributed by atoms with Crippen LogP contribution >= 0.6 is 0 Å². The molecule has 0 spiro atoms. The fourth-order valence-electron chi connectivity index (χ4n) is 3.79. The van der Waals surface area contributed by atoms with Crippen LogP contribution in [0.3, 0.4) is 0 Å². The Labute approximate surface area is 95.2 Å². The van der Waals surface area contributed by atoms with Gasteiger partial charge in [-0.1, -0.05) is 13.8 Å². The van der Waals surface area contributed by atoms with E-state index in [0.717, 1.165) is 23.8 Å². The molecule has 3 fully saturated rings. The van der Waals surface area contributed by atoms with Gasteiger partial charge in [0.15, 0.2) is 0 Å². The van der Waals surface area contributed by atoms with Crippen LogP contribution in [0, 0.1) is 17.8 Å². The Bertz CT molecular complexity index is 226. The molecule has 1 nitrogen and oxygen atoms in total. The zero-order valence-electron chi connectivity index (χ0n) is 11.1. The van der Waals surface area contributed by atoms with Gasteiger partial charge in [0.05, 0.1) is 0 Å². The molecule has 88 valence electrons. The van der Waals surface area contributed by atoms with E-state index in [9.17, 15) is 0 Å². The predicted molar refractivity (Wildman–Crippen MR) is 65.9 cm³/mol. The molecule has 3 atom stereocenters. The summed E-state index contributed by atoms with van der Waals surface area (Å²) in [5.74, 6) is 2.87. The Kier molecular flexibility index (Phi) is 2.87. The predicted octanol–water partition coefficient (Wildman–Crippen LogP) is 3.54. The first-order valence-corrected chi connectivity index (χ1v) is 6.66. The maximum absolute atomic E-state index is 2.76. The molecule has 1 unspecified atom stereocenters. The summed E-state index contributed by atoms with van der Waals surface area (Å²) in [5, 5.41) is 0. The van der Waals surface area contributed by atoms with E-state index in [1.54, 1.807) is 0 Å². The summed E-state index contributed by atoms with van der Waals surface area (Å²) in [4.78, 5) is 2.76. The summed E-state index contributed by atoms with van der Waals surface area (Å²) in [5.41, 5.74) is 0.380. The Morgan fingerprint density at radius 3 is 2.20 bits per heavy atom. The minimum atomic E-state index is 0.380. The van der Waals surface area contributed by atoms with Crippen molar-refractivity contribution in [2.45, 2.75) is 65.5 Å². The normalized spacial score (nSPS) is 37.6. The van der Waals surface area contributed by atoms with Crippen molar-refractivity contribution < 1.29 is 0 Å². The first-order valence-electron chi connectivity index (χ1n) is 6.66. The highest BCUT2D eigenvalue weighted by atomic mass is 15.2. The summed E-state index contributed by atoms with van der Waals surface area (Å²) in [7, 11) is 0. The van der Waals surface area contributed by atoms with Crippen LogP contribution in [0.15, 0.2) is 0 Å². The average molecular weight is 209 g/mol. The maximum atomic E-state index is 2.76. The van der Waals surface area contributed by atoms with Gasteiger partial charge in [-0.3, -0.25) is 4.90 Å². The smallest absolute Gasteiger partial charge is 0.0128 e. The van der Waals surface area contributed by atoms with Crippen LogP contribution in [0.1, 0.15) is 53.9 Å². The first kappa shape index (κ1) is 11.4. The average Bonchev–Trinajstić information content (AvgIpc) is 2.16. The summed E-state index contributed by atoms with van der Waals surface area (Å²) < 4.78 is 0. The fraction of sp³-hybridized carbons (Fsp3) is 1.00. The summed E-state index contributed by atoms with van der Waals surface area (Å²) in [6, 6.07) is 0.877. The summed E-state index contributed by atoms with van der Waals surface area (Å²) in [6.45, 7) is 13.3. The van der Waals surface area contributed by atoms with Gasteiger partial charge in [0.2, 0.25) is 0 Å². The van der Waals surface area contributed by atoms with E-state index in [-0.39, 0.29) is 0 Å². The van der Waals surface area contributed by atoms with E-state index in [2.05, 4.69) is 39.5 Å². The Morgan fingerprint density at radius 1 is 1.13 bits per heavy atom. The number of piperidine rings is 2. The lowest BCUT2D eigenvalue weighted by atomic mass is 9.67. The molecular formula is C14H27N. The molecular weight excluding hydrogens is 182 g/mol. The number of hydrogen-bond donors (Lipinski definition) is 0. The molecule has 0 radical (unpaired) electrons. The molecule has 0 N–H and O–H groups in total. The topological polar surface area (TPSA) is 3.24 Å². The molecule has 0 amide bonds. The molecule has 2 aliphatic heterocycles. The standard InChI is InChI=1S/C14H27N/c1-10(2)13-8-12-7-6-11(13)9-15(12)14(3,4)5/h10-13H,6-9H2,1-5H3/t11-,12-,13?/m1/s1. The van der Waals surface area contributed by atoms with Gasteiger partial charge in [0.25, 0.3) is 0 Å². The highest BCUT2D eigenvalue weighted by Crippen LogP contribution is 2.44. The van der Waals surface area contributed by atoms with E-state index in [1.165, 1.54) is 25.8 Å². The third-order valence-corrected chi connectivity index (χ3v) is 4.61.